The summed E-state index contributed by atoms with van der Waals surface area (Å²) in [5.41, 5.74) is 15.0. The second-order valence-corrected chi connectivity index (χ2v) is 13.3. The summed E-state index contributed by atoms with van der Waals surface area (Å²) >= 11 is 0. The maximum absolute atomic E-state index is 11.4. The molecule has 3 aromatic heterocycles. The molecule has 4 nitrogen and oxygen atoms in total. The smallest absolute Gasteiger partial charge is 0.143 e. The molecular weight excluding hydrogens is 637 g/mol. The third kappa shape index (κ3) is 5.80. The first-order chi connectivity index (χ1) is 25.5. The lowest BCUT2D eigenvalue weighted by Gasteiger charge is -2.13. The van der Waals surface area contributed by atoms with Gasteiger partial charge in [-0.2, -0.15) is 0 Å². The number of hydrogen-bond donors (Lipinski definition) is 1. The Bertz CT molecular complexity index is 2780. The normalized spacial score (nSPS) is 11.3. The number of rotatable bonds is 6. The Balaban J connectivity index is 1.14. The SMILES string of the molecule is Cc1cccc(-c2ccc(-c3cc(-c4ccccc4)cc(-c4cccc(-c5cc(-c6cccc7c6oc6ccccc67)cc(C)n5)c4)n3)c(O)c2)c1. The van der Waals surface area contributed by atoms with Crippen LogP contribution in [0.4, 0.5) is 0 Å². The molecule has 3 heterocycles. The number of furan rings is 1. The van der Waals surface area contributed by atoms with Crippen molar-refractivity contribution in [1.82, 2.24) is 9.97 Å². The summed E-state index contributed by atoms with van der Waals surface area (Å²) in [5, 5.41) is 13.6. The van der Waals surface area contributed by atoms with E-state index in [0.29, 0.717) is 11.3 Å². The van der Waals surface area contributed by atoms with E-state index in [1.807, 2.05) is 67.6 Å². The molecular formula is C48H34N2O2. The summed E-state index contributed by atoms with van der Waals surface area (Å²) in [6.45, 7) is 4.10. The molecule has 4 heteroatoms. The molecule has 0 bridgehead atoms. The summed E-state index contributed by atoms with van der Waals surface area (Å²) in [7, 11) is 0. The molecule has 9 rings (SSSR count). The van der Waals surface area contributed by atoms with Crippen molar-refractivity contribution in [2.45, 2.75) is 13.8 Å². The molecule has 0 spiro atoms. The highest BCUT2D eigenvalue weighted by Gasteiger charge is 2.16. The number of phenols is 1. The van der Waals surface area contributed by atoms with Gasteiger partial charge in [0.15, 0.2) is 0 Å². The van der Waals surface area contributed by atoms with Crippen LogP contribution < -0.4 is 0 Å². The van der Waals surface area contributed by atoms with Gasteiger partial charge in [-0.3, -0.25) is 4.98 Å². The number of para-hydroxylation sites is 2. The minimum absolute atomic E-state index is 0.187. The average molecular weight is 671 g/mol. The number of aromatic hydroxyl groups is 1. The van der Waals surface area contributed by atoms with Crippen molar-refractivity contribution in [1.29, 1.82) is 0 Å². The first kappa shape index (κ1) is 31.2. The zero-order valence-corrected chi connectivity index (χ0v) is 28.8. The van der Waals surface area contributed by atoms with E-state index in [1.54, 1.807) is 0 Å². The van der Waals surface area contributed by atoms with Crippen molar-refractivity contribution < 1.29 is 9.52 Å². The first-order valence-corrected chi connectivity index (χ1v) is 17.4. The van der Waals surface area contributed by atoms with E-state index in [2.05, 4.69) is 110 Å². The van der Waals surface area contributed by atoms with E-state index in [9.17, 15) is 5.11 Å². The molecule has 0 aliphatic rings. The fraction of sp³-hybridized carbons (Fsp3) is 0.0417. The summed E-state index contributed by atoms with van der Waals surface area (Å²) in [4.78, 5) is 10.1. The van der Waals surface area contributed by atoms with Crippen LogP contribution in [0.5, 0.6) is 5.75 Å². The molecule has 0 saturated heterocycles. The molecule has 0 fully saturated rings. The molecule has 9 aromatic rings. The number of nitrogens with zero attached hydrogens (tertiary/aromatic N) is 2. The van der Waals surface area contributed by atoms with Gasteiger partial charge in [0.25, 0.3) is 0 Å². The van der Waals surface area contributed by atoms with Crippen LogP contribution in [0.2, 0.25) is 0 Å². The number of aryl methyl sites for hydroxylation is 2. The molecule has 6 aromatic carbocycles. The summed E-state index contributed by atoms with van der Waals surface area (Å²) in [6, 6.07) is 55.7. The fourth-order valence-corrected chi connectivity index (χ4v) is 7.15. The fourth-order valence-electron chi connectivity index (χ4n) is 7.15. The van der Waals surface area contributed by atoms with Gasteiger partial charge in [0, 0.05) is 38.7 Å². The van der Waals surface area contributed by atoms with Crippen LogP contribution in [0.1, 0.15) is 11.3 Å². The standard InChI is InChI=1S/C48H34N2O2/c1-30-11-8-14-33(23-30)34-21-22-42(46(51)29-34)45-27-37(32-12-4-3-5-13-32)26-44(50-45)36-16-9-15-35(25-36)43-28-38(24-31(2)49-43)39-18-10-19-41-40-17-6-7-20-47(40)52-48(39)41/h3-29,51H,1-2H3. The van der Waals surface area contributed by atoms with Gasteiger partial charge < -0.3 is 9.52 Å². The minimum Gasteiger partial charge on any atom is -0.507 e. The Morgan fingerprint density at radius 2 is 1.08 bits per heavy atom. The van der Waals surface area contributed by atoms with E-state index in [0.717, 1.165) is 83.5 Å². The van der Waals surface area contributed by atoms with Gasteiger partial charge in [0.1, 0.15) is 16.9 Å². The van der Waals surface area contributed by atoms with Crippen LogP contribution >= 0.6 is 0 Å². The zero-order chi connectivity index (χ0) is 35.2. The molecule has 1 N–H and O–H groups in total. The predicted octanol–water partition coefficient (Wildman–Crippen LogP) is 12.7. The van der Waals surface area contributed by atoms with Crippen molar-refractivity contribution in [3.05, 3.63) is 175 Å². The van der Waals surface area contributed by atoms with Gasteiger partial charge in [-0.25, -0.2) is 4.98 Å². The highest BCUT2D eigenvalue weighted by Crippen LogP contribution is 2.39. The number of hydrogen-bond acceptors (Lipinski definition) is 4. The van der Waals surface area contributed by atoms with Crippen molar-refractivity contribution in [3.8, 4) is 72.9 Å². The van der Waals surface area contributed by atoms with Crippen molar-refractivity contribution in [2.75, 3.05) is 0 Å². The molecule has 0 aliphatic carbocycles. The Kier molecular flexibility index (Phi) is 7.71. The van der Waals surface area contributed by atoms with Crippen molar-refractivity contribution >= 4 is 21.9 Å². The Hall–Kier alpha value is -6.78. The number of pyridine rings is 2. The van der Waals surface area contributed by atoms with Crippen molar-refractivity contribution in [2.24, 2.45) is 0 Å². The van der Waals surface area contributed by atoms with E-state index >= 15 is 0 Å². The van der Waals surface area contributed by atoms with E-state index in [4.69, 9.17) is 14.4 Å². The lowest BCUT2D eigenvalue weighted by Crippen LogP contribution is -1.94. The van der Waals surface area contributed by atoms with Crippen molar-refractivity contribution in [3.63, 3.8) is 0 Å². The predicted molar refractivity (Wildman–Crippen MR) is 213 cm³/mol. The molecule has 0 amide bonds. The second-order valence-electron chi connectivity index (χ2n) is 13.3. The first-order valence-electron chi connectivity index (χ1n) is 17.4. The topological polar surface area (TPSA) is 59.2 Å². The van der Waals surface area contributed by atoms with Gasteiger partial charge in [-0.05, 0) is 90.2 Å². The number of benzene rings is 6. The van der Waals surface area contributed by atoms with Crippen LogP contribution in [0.3, 0.4) is 0 Å². The lowest BCUT2D eigenvalue weighted by atomic mass is 9.96. The lowest BCUT2D eigenvalue weighted by molar-refractivity contribution is 0.477. The monoisotopic (exact) mass is 670 g/mol. The summed E-state index contributed by atoms with van der Waals surface area (Å²) in [6.07, 6.45) is 0. The molecule has 0 unspecified atom stereocenters. The second kappa shape index (κ2) is 12.8. The van der Waals surface area contributed by atoms with Crippen LogP contribution in [0.25, 0.3) is 89.1 Å². The van der Waals surface area contributed by atoms with Crippen LogP contribution in [0, 0.1) is 13.8 Å². The Labute approximate surface area is 302 Å². The third-order valence-electron chi connectivity index (χ3n) is 9.68. The highest BCUT2D eigenvalue weighted by molar-refractivity contribution is 6.09. The van der Waals surface area contributed by atoms with Crippen LogP contribution in [0.15, 0.2) is 168 Å². The van der Waals surface area contributed by atoms with Gasteiger partial charge in [0.2, 0.25) is 0 Å². The summed E-state index contributed by atoms with van der Waals surface area (Å²) in [5.74, 6) is 0.187. The highest BCUT2D eigenvalue weighted by atomic mass is 16.3. The average Bonchev–Trinajstić information content (AvgIpc) is 3.57. The molecule has 0 radical (unpaired) electrons. The van der Waals surface area contributed by atoms with Gasteiger partial charge in [0.05, 0.1) is 17.1 Å². The molecule has 0 atom stereocenters. The largest absolute Gasteiger partial charge is 0.507 e. The minimum atomic E-state index is 0.187. The molecule has 0 saturated carbocycles. The summed E-state index contributed by atoms with van der Waals surface area (Å²) < 4.78 is 6.39. The zero-order valence-electron chi connectivity index (χ0n) is 28.8. The van der Waals surface area contributed by atoms with Gasteiger partial charge >= 0.3 is 0 Å². The van der Waals surface area contributed by atoms with Gasteiger partial charge in [-0.15, -0.1) is 0 Å². The quantitative estimate of drug-likeness (QED) is 0.191. The van der Waals surface area contributed by atoms with Crippen LogP contribution in [-0.4, -0.2) is 15.1 Å². The maximum atomic E-state index is 11.4. The Morgan fingerprint density at radius 1 is 0.423 bits per heavy atom. The van der Waals surface area contributed by atoms with E-state index in [-0.39, 0.29) is 5.75 Å². The maximum Gasteiger partial charge on any atom is 0.143 e. The number of phenolic OH excluding ortho intramolecular Hbond substituents is 1. The van der Waals surface area contributed by atoms with Crippen LogP contribution in [-0.2, 0) is 0 Å². The van der Waals surface area contributed by atoms with E-state index < -0.39 is 0 Å². The number of aromatic nitrogens is 2. The molecule has 248 valence electrons. The van der Waals surface area contributed by atoms with E-state index in [1.165, 1.54) is 5.56 Å². The Morgan fingerprint density at radius 3 is 1.90 bits per heavy atom. The third-order valence-corrected chi connectivity index (χ3v) is 9.68. The molecule has 0 aliphatic heterocycles. The number of fused-ring (bicyclic) bond motifs is 3. The van der Waals surface area contributed by atoms with Gasteiger partial charge in [-0.1, -0.05) is 121 Å². The molecule has 52 heavy (non-hydrogen) atoms.